The van der Waals surface area contributed by atoms with E-state index in [1.165, 1.54) is 26.2 Å². The summed E-state index contributed by atoms with van der Waals surface area (Å²) in [7, 11) is 0. The summed E-state index contributed by atoms with van der Waals surface area (Å²) in [6.07, 6.45) is 9.05. The van der Waals surface area contributed by atoms with Crippen molar-refractivity contribution in [3.8, 4) is 0 Å². The van der Waals surface area contributed by atoms with E-state index in [0.29, 0.717) is 17.8 Å². The minimum atomic E-state index is -0.368. The number of carbonyl (C=O) groups is 1. The van der Waals surface area contributed by atoms with Crippen molar-refractivity contribution in [1.29, 1.82) is 0 Å². The SMILES string of the molecule is CCC12CCC3C(CC(O)C4CC(OC(C)=O)CCC43C)C1CCC21OCCO1. The average molecular weight is 407 g/mol. The average Bonchev–Trinajstić information content (AvgIpc) is 3.29. The summed E-state index contributed by atoms with van der Waals surface area (Å²) in [5.41, 5.74) is 0.258. The maximum absolute atomic E-state index is 11.5. The van der Waals surface area contributed by atoms with Gasteiger partial charge in [-0.15, -0.1) is 0 Å². The minimum absolute atomic E-state index is 0.0230. The predicted molar refractivity (Wildman–Crippen MR) is 108 cm³/mol. The molecule has 29 heavy (non-hydrogen) atoms. The monoisotopic (exact) mass is 406 g/mol. The molecule has 0 radical (unpaired) electrons. The number of hydrogen-bond donors (Lipinski definition) is 1. The smallest absolute Gasteiger partial charge is 0.302 e. The number of rotatable bonds is 2. The Hall–Kier alpha value is -0.650. The van der Waals surface area contributed by atoms with Crippen LogP contribution in [-0.2, 0) is 19.0 Å². The van der Waals surface area contributed by atoms with Crippen LogP contribution in [0.2, 0.25) is 0 Å². The van der Waals surface area contributed by atoms with Crippen LogP contribution in [0.3, 0.4) is 0 Å². The van der Waals surface area contributed by atoms with E-state index in [2.05, 4.69) is 13.8 Å². The highest BCUT2D eigenvalue weighted by Crippen LogP contribution is 2.70. The van der Waals surface area contributed by atoms with Gasteiger partial charge in [-0.3, -0.25) is 4.79 Å². The summed E-state index contributed by atoms with van der Waals surface area (Å²) < 4.78 is 18.2. The molecule has 0 aromatic rings. The molecule has 0 amide bonds. The van der Waals surface area contributed by atoms with Gasteiger partial charge in [0.05, 0.1) is 19.3 Å². The molecule has 5 aliphatic rings. The normalized spacial score (nSPS) is 50.6. The second-order valence-corrected chi connectivity index (χ2v) is 10.8. The van der Waals surface area contributed by atoms with Gasteiger partial charge in [0.15, 0.2) is 5.79 Å². The maximum Gasteiger partial charge on any atom is 0.302 e. The summed E-state index contributed by atoms with van der Waals surface area (Å²) in [6, 6.07) is 0. The third-order valence-electron chi connectivity index (χ3n) is 10.1. The van der Waals surface area contributed by atoms with Gasteiger partial charge in [0.2, 0.25) is 0 Å². The molecular formula is C24H38O5. The minimum Gasteiger partial charge on any atom is -0.463 e. The Balaban J connectivity index is 1.43. The molecule has 5 heteroatoms. The van der Waals surface area contributed by atoms with Gasteiger partial charge >= 0.3 is 5.97 Å². The van der Waals surface area contributed by atoms with E-state index in [1.54, 1.807) is 0 Å². The van der Waals surface area contributed by atoms with Gasteiger partial charge < -0.3 is 19.3 Å². The molecule has 0 bridgehead atoms. The van der Waals surface area contributed by atoms with Gasteiger partial charge in [0, 0.05) is 18.8 Å². The Labute approximate surface area is 174 Å². The van der Waals surface area contributed by atoms with E-state index in [9.17, 15) is 9.90 Å². The van der Waals surface area contributed by atoms with Crippen molar-refractivity contribution in [2.75, 3.05) is 13.2 Å². The highest BCUT2D eigenvalue weighted by atomic mass is 16.7. The van der Waals surface area contributed by atoms with Crippen LogP contribution in [0.25, 0.3) is 0 Å². The molecule has 164 valence electrons. The van der Waals surface area contributed by atoms with Gasteiger partial charge in [-0.05, 0) is 80.5 Å². The molecule has 5 nitrogen and oxygen atoms in total. The van der Waals surface area contributed by atoms with Crippen molar-refractivity contribution >= 4 is 5.97 Å². The molecule has 1 spiro atoms. The van der Waals surface area contributed by atoms with Gasteiger partial charge in [0.25, 0.3) is 0 Å². The molecule has 1 saturated heterocycles. The van der Waals surface area contributed by atoms with Gasteiger partial charge in [-0.2, -0.15) is 0 Å². The Kier molecular flexibility index (Phi) is 4.84. The van der Waals surface area contributed by atoms with Crippen molar-refractivity contribution < 1.29 is 24.1 Å². The lowest BCUT2D eigenvalue weighted by Gasteiger charge is -2.63. The highest BCUT2D eigenvalue weighted by molar-refractivity contribution is 5.66. The first-order valence-electron chi connectivity index (χ1n) is 12.0. The van der Waals surface area contributed by atoms with Crippen molar-refractivity contribution in [2.24, 2.45) is 34.5 Å². The topological polar surface area (TPSA) is 65.0 Å². The molecule has 1 heterocycles. The fourth-order valence-electron chi connectivity index (χ4n) is 8.97. The lowest BCUT2D eigenvalue weighted by Crippen LogP contribution is -2.60. The second-order valence-electron chi connectivity index (χ2n) is 10.8. The van der Waals surface area contributed by atoms with Crippen LogP contribution in [0.5, 0.6) is 0 Å². The Morgan fingerprint density at radius 2 is 1.76 bits per heavy atom. The fourth-order valence-corrected chi connectivity index (χ4v) is 8.97. The van der Waals surface area contributed by atoms with Crippen molar-refractivity contribution in [3.05, 3.63) is 0 Å². The van der Waals surface area contributed by atoms with Crippen LogP contribution in [0, 0.1) is 34.5 Å². The Morgan fingerprint density at radius 3 is 2.45 bits per heavy atom. The zero-order chi connectivity index (χ0) is 20.4. The lowest BCUT2D eigenvalue weighted by atomic mass is 9.43. The van der Waals surface area contributed by atoms with E-state index >= 15 is 0 Å². The summed E-state index contributed by atoms with van der Waals surface area (Å²) in [5, 5.41) is 11.3. The van der Waals surface area contributed by atoms with Crippen molar-refractivity contribution in [3.63, 3.8) is 0 Å². The van der Waals surface area contributed by atoms with Crippen LogP contribution < -0.4 is 0 Å². The highest BCUT2D eigenvalue weighted by Gasteiger charge is 2.69. The van der Waals surface area contributed by atoms with E-state index in [0.717, 1.165) is 51.7 Å². The number of carbonyl (C=O) groups excluding carboxylic acids is 1. The molecule has 4 saturated carbocycles. The van der Waals surface area contributed by atoms with E-state index in [1.807, 2.05) is 0 Å². The predicted octanol–water partition coefficient (Wildman–Crippen LogP) is 4.06. The molecule has 8 unspecified atom stereocenters. The molecule has 8 atom stereocenters. The van der Waals surface area contributed by atoms with Crippen molar-refractivity contribution in [1.82, 2.24) is 0 Å². The van der Waals surface area contributed by atoms with Crippen LogP contribution >= 0.6 is 0 Å². The molecule has 1 aliphatic heterocycles. The molecule has 5 rings (SSSR count). The number of fused-ring (bicyclic) bond motifs is 6. The summed E-state index contributed by atoms with van der Waals surface area (Å²) in [5.74, 6) is 1.47. The molecular weight excluding hydrogens is 368 g/mol. The Bertz CT molecular complexity index is 658. The van der Waals surface area contributed by atoms with E-state index in [-0.39, 0.29) is 40.7 Å². The molecule has 1 N–H and O–H groups in total. The number of esters is 1. The zero-order valence-electron chi connectivity index (χ0n) is 18.3. The van der Waals surface area contributed by atoms with Crippen LogP contribution in [0.4, 0.5) is 0 Å². The first-order valence-corrected chi connectivity index (χ1v) is 12.0. The quantitative estimate of drug-likeness (QED) is 0.701. The third-order valence-corrected chi connectivity index (χ3v) is 10.1. The summed E-state index contributed by atoms with van der Waals surface area (Å²) in [6.45, 7) is 7.69. The lowest BCUT2D eigenvalue weighted by molar-refractivity contribution is -0.260. The maximum atomic E-state index is 11.5. The van der Waals surface area contributed by atoms with Gasteiger partial charge in [-0.25, -0.2) is 0 Å². The third kappa shape index (κ3) is 2.72. The molecule has 4 aliphatic carbocycles. The van der Waals surface area contributed by atoms with Gasteiger partial charge in [0.1, 0.15) is 6.10 Å². The number of ether oxygens (including phenoxy) is 3. The summed E-state index contributed by atoms with van der Waals surface area (Å²) >= 11 is 0. The van der Waals surface area contributed by atoms with Crippen molar-refractivity contribution in [2.45, 2.75) is 96.6 Å². The molecule has 0 aromatic heterocycles. The largest absolute Gasteiger partial charge is 0.463 e. The standard InChI is InChI=1S/C24H38O5/c1-4-23-9-6-18-17(19(23)7-10-24(23)27-11-12-28-24)14-21(26)20-13-16(29-15(2)25)5-8-22(18,20)3/h16-21,26H,4-14H2,1-3H3. The van der Waals surface area contributed by atoms with Crippen LogP contribution in [0.1, 0.15) is 78.6 Å². The van der Waals surface area contributed by atoms with Crippen LogP contribution in [0.15, 0.2) is 0 Å². The van der Waals surface area contributed by atoms with E-state index in [4.69, 9.17) is 14.2 Å². The first-order chi connectivity index (χ1) is 13.9. The Morgan fingerprint density at radius 1 is 1.03 bits per heavy atom. The molecule has 0 aromatic carbocycles. The second kappa shape index (κ2) is 6.93. The van der Waals surface area contributed by atoms with Gasteiger partial charge in [-0.1, -0.05) is 13.8 Å². The first kappa shape index (κ1) is 20.3. The van der Waals surface area contributed by atoms with E-state index < -0.39 is 0 Å². The number of aliphatic hydroxyl groups excluding tert-OH is 1. The molecule has 5 fully saturated rings. The van der Waals surface area contributed by atoms with Crippen LogP contribution in [-0.4, -0.2) is 42.3 Å². The summed E-state index contributed by atoms with van der Waals surface area (Å²) in [4.78, 5) is 11.5. The number of aliphatic hydroxyl groups is 1. The zero-order valence-corrected chi connectivity index (χ0v) is 18.3. The fraction of sp³-hybridized carbons (Fsp3) is 0.958. The number of hydrogen-bond acceptors (Lipinski definition) is 5.